The van der Waals surface area contributed by atoms with Crippen molar-refractivity contribution in [3.63, 3.8) is 0 Å². The molecule has 1 aliphatic rings. The van der Waals surface area contributed by atoms with Crippen LogP contribution >= 0.6 is 0 Å². The highest BCUT2D eigenvalue weighted by Crippen LogP contribution is 2.37. The average Bonchev–Trinajstić information content (AvgIpc) is 2.64. The van der Waals surface area contributed by atoms with E-state index in [2.05, 4.69) is 35.0 Å². The normalized spacial score (nSPS) is 12.5. The number of pyridine rings is 1. The Morgan fingerprint density at radius 3 is 2.54 bits per heavy atom. The fourth-order valence-electron chi connectivity index (χ4n) is 3.48. The number of nitrogens with zero attached hydrogens (tertiary/aromatic N) is 1. The zero-order valence-electron chi connectivity index (χ0n) is 14.1. The van der Waals surface area contributed by atoms with Crippen LogP contribution in [-0.4, -0.2) is 21.3 Å². The maximum atomic E-state index is 5.59. The lowest BCUT2D eigenvalue weighted by Gasteiger charge is -2.17. The first kappa shape index (κ1) is 14.8. The molecule has 0 fully saturated rings. The second-order valence-electron chi connectivity index (χ2n) is 5.93. The number of aryl methyl sites for hydroxylation is 2. The van der Waals surface area contributed by atoms with E-state index >= 15 is 0 Å². The van der Waals surface area contributed by atoms with Gasteiger partial charge in [-0.15, -0.1) is 0 Å². The van der Waals surface area contributed by atoms with E-state index in [-0.39, 0.29) is 0 Å². The fraction of sp³-hybridized carbons (Fsp3) is 0.250. The van der Waals surface area contributed by atoms with Crippen LogP contribution in [0.2, 0.25) is 0 Å². The van der Waals surface area contributed by atoms with Crippen molar-refractivity contribution in [1.82, 2.24) is 0 Å². The van der Waals surface area contributed by atoms with E-state index in [0.29, 0.717) is 0 Å². The Kier molecular flexibility index (Phi) is 3.53. The number of aromatic nitrogens is 1. The van der Waals surface area contributed by atoms with Gasteiger partial charge in [0, 0.05) is 12.5 Å². The lowest BCUT2D eigenvalue weighted by Crippen LogP contribution is -2.40. The third-order valence-electron chi connectivity index (χ3n) is 4.72. The minimum Gasteiger partial charge on any atom is -0.497 e. The maximum Gasteiger partial charge on any atom is 0.213 e. The summed E-state index contributed by atoms with van der Waals surface area (Å²) in [5.41, 5.74) is 3.79. The molecule has 0 amide bonds. The van der Waals surface area contributed by atoms with Crippen LogP contribution in [0.5, 0.6) is 17.2 Å². The van der Waals surface area contributed by atoms with Gasteiger partial charge in [-0.25, -0.2) is 0 Å². The second kappa shape index (κ2) is 5.71. The van der Waals surface area contributed by atoms with Gasteiger partial charge in [-0.3, -0.25) is 0 Å². The molecule has 2 aromatic carbocycles. The van der Waals surface area contributed by atoms with Gasteiger partial charge in [-0.2, -0.15) is 4.57 Å². The monoisotopic (exact) mass is 322 g/mol. The van der Waals surface area contributed by atoms with Crippen molar-refractivity contribution in [1.29, 1.82) is 0 Å². The van der Waals surface area contributed by atoms with Gasteiger partial charge >= 0.3 is 0 Å². The van der Waals surface area contributed by atoms with E-state index in [1.807, 2.05) is 12.1 Å². The van der Waals surface area contributed by atoms with Crippen LogP contribution in [0.15, 0.2) is 42.6 Å². The van der Waals surface area contributed by atoms with Gasteiger partial charge in [0.25, 0.3) is 0 Å². The van der Waals surface area contributed by atoms with Gasteiger partial charge in [-0.05, 0) is 35.2 Å². The Bertz CT molecular complexity index is 934. The summed E-state index contributed by atoms with van der Waals surface area (Å²) >= 11 is 0. The number of ether oxygens (including phenoxy) is 3. The smallest absolute Gasteiger partial charge is 0.213 e. The van der Waals surface area contributed by atoms with Crippen LogP contribution in [-0.2, 0) is 13.0 Å². The summed E-state index contributed by atoms with van der Waals surface area (Å²) in [6, 6.07) is 12.6. The third-order valence-corrected chi connectivity index (χ3v) is 4.72. The number of rotatable bonds is 3. The van der Waals surface area contributed by atoms with Crippen LogP contribution in [0.1, 0.15) is 5.56 Å². The summed E-state index contributed by atoms with van der Waals surface area (Å²) in [6.07, 6.45) is 3.17. The summed E-state index contributed by atoms with van der Waals surface area (Å²) in [4.78, 5) is 0. The van der Waals surface area contributed by atoms with E-state index in [9.17, 15) is 0 Å². The highest BCUT2D eigenvalue weighted by Gasteiger charge is 2.25. The molecule has 1 aliphatic heterocycles. The van der Waals surface area contributed by atoms with Crippen molar-refractivity contribution in [2.24, 2.45) is 0 Å². The summed E-state index contributed by atoms with van der Waals surface area (Å²) in [7, 11) is 5.05. The molecule has 0 radical (unpaired) electrons. The average molecular weight is 322 g/mol. The van der Waals surface area contributed by atoms with Crippen molar-refractivity contribution in [3.8, 4) is 28.5 Å². The minimum absolute atomic E-state index is 0.753. The molecule has 2 heterocycles. The van der Waals surface area contributed by atoms with Crippen molar-refractivity contribution in [2.45, 2.75) is 13.0 Å². The van der Waals surface area contributed by atoms with Crippen molar-refractivity contribution < 1.29 is 18.8 Å². The molecule has 0 N–H and O–H groups in total. The molecule has 0 unspecified atom stereocenters. The molecule has 24 heavy (non-hydrogen) atoms. The SMILES string of the molecule is COc1ccc2c(c1)-c1cc3ccc(OC)c(OC)c3c[n+]1CC2. The number of hydrogen-bond acceptors (Lipinski definition) is 3. The number of benzene rings is 2. The molecule has 122 valence electrons. The van der Waals surface area contributed by atoms with Gasteiger partial charge in [0.05, 0.1) is 32.3 Å². The molecule has 0 saturated heterocycles. The third kappa shape index (κ3) is 2.18. The summed E-state index contributed by atoms with van der Waals surface area (Å²) in [6.45, 7) is 0.949. The van der Waals surface area contributed by atoms with E-state index < -0.39 is 0 Å². The van der Waals surface area contributed by atoms with E-state index in [1.165, 1.54) is 16.8 Å². The molecule has 0 bridgehead atoms. The summed E-state index contributed by atoms with van der Waals surface area (Å²) in [5.74, 6) is 2.42. The molecule has 1 aromatic heterocycles. The van der Waals surface area contributed by atoms with Gasteiger partial charge in [-0.1, -0.05) is 6.07 Å². The van der Waals surface area contributed by atoms with Crippen molar-refractivity contribution in [3.05, 3.63) is 48.2 Å². The second-order valence-corrected chi connectivity index (χ2v) is 5.93. The number of methoxy groups -OCH3 is 3. The highest BCUT2D eigenvalue weighted by molar-refractivity contribution is 5.91. The standard InChI is InChI=1S/C20H20NO3/c1-22-15-6-4-13-8-9-21-12-17-14(10-18(21)16(13)11-15)5-7-19(23-2)20(17)24-3/h4-7,10-12H,8-9H2,1-3H3/q+1. The lowest BCUT2D eigenvalue weighted by atomic mass is 9.95. The molecule has 0 saturated carbocycles. The Labute approximate surface area is 141 Å². The molecule has 4 rings (SSSR count). The lowest BCUT2D eigenvalue weighted by molar-refractivity contribution is -0.686. The number of hydrogen-bond donors (Lipinski definition) is 0. The molecule has 4 heteroatoms. The summed E-state index contributed by atoms with van der Waals surface area (Å²) < 4.78 is 18.7. The van der Waals surface area contributed by atoms with E-state index in [4.69, 9.17) is 14.2 Å². The van der Waals surface area contributed by atoms with Gasteiger partial charge < -0.3 is 14.2 Å². The highest BCUT2D eigenvalue weighted by atomic mass is 16.5. The predicted octanol–water partition coefficient (Wildman–Crippen LogP) is 3.38. The zero-order chi connectivity index (χ0) is 16.7. The number of fused-ring (bicyclic) bond motifs is 4. The molecule has 0 spiro atoms. The Hall–Kier alpha value is -2.75. The van der Waals surface area contributed by atoms with E-state index in [1.54, 1.807) is 21.3 Å². The quantitative estimate of drug-likeness (QED) is 0.693. The Morgan fingerprint density at radius 2 is 1.79 bits per heavy atom. The van der Waals surface area contributed by atoms with Crippen LogP contribution in [0, 0.1) is 0 Å². The molecular formula is C20H20NO3+. The molecule has 4 nitrogen and oxygen atoms in total. The molecular weight excluding hydrogens is 302 g/mol. The zero-order valence-corrected chi connectivity index (χ0v) is 14.1. The molecule has 3 aromatic rings. The van der Waals surface area contributed by atoms with Gasteiger partial charge in [0.2, 0.25) is 5.69 Å². The first-order valence-corrected chi connectivity index (χ1v) is 8.00. The van der Waals surface area contributed by atoms with Crippen LogP contribution in [0.3, 0.4) is 0 Å². The van der Waals surface area contributed by atoms with Crippen LogP contribution in [0.4, 0.5) is 0 Å². The van der Waals surface area contributed by atoms with Gasteiger partial charge in [0.15, 0.2) is 24.2 Å². The largest absolute Gasteiger partial charge is 0.497 e. The van der Waals surface area contributed by atoms with Crippen molar-refractivity contribution >= 4 is 10.8 Å². The molecule has 0 aliphatic carbocycles. The first-order valence-electron chi connectivity index (χ1n) is 8.00. The minimum atomic E-state index is 0.753. The first-order chi connectivity index (χ1) is 11.7. The Balaban J connectivity index is 1.97. The fourth-order valence-corrected chi connectivity index (χ4v) is 3.48. The van der Waals surface area contributed by atoms with Crippen molar-refractivity contribution in [2.75, 3.05) is 21.3 Å². The molecule has 0 atom stereocenters. The van der Waals surface area contributed by atoms with E-state index in [0.717, 1.165) is 41.0 Å². The maximum absolute atomic E-state index is 5.59. The topological polar surface area (TPSA) is 31.6 Å². The summed E-state index contributed by atoms with van der Waals surface area (Å²) in [5, 5.41) is 2.20. The Morgan fingerprint density at radius 1 is 0.917 bits per heavy atom. The predicted molar refractivity (Wildman–Crippen MR) is 92.9 cm³/mol. The van der Waals surface area contributed by atoms with Crippen LogP contribution < -0.4 is 18.8 Å². The van der Waals surface area contributed by atoms with Crippen LogP contribution in [0.25, 0.3) is 22.0 Å². The van der Waals surface area contributed by atoms with Gasteiger partial charge in [0.1, 0.15) is 5.75 Å².